The molecule has 110 heavy (non-hydrogen) atoms. The van der Waals surface area contributed by atoms with Crippen molar-refractivity contribution in [3.05, 3.63) is 382 Å². The van der Waals surface area contributed by atoms with Crippen molar-refractivity contribution < 1.29 is 4.42 Å². The van der Waals surface area contributed by atoms with Crippen LogP contribution in [0.3, 0.4) is 0 Å². The van der Waals surface area contributed by atoms with Crippen LogP contribution >= 0.6 is 45.3 Å². The fourth-order valence-corrected chi connectivity index (χ4v) is 21.5. The van der Waals surface area contributed by atoms with Gasteiger partial charge in [-0.05, 0) is 176 Å². The maximum atomic E-state index is 6.09. The summed E-state index contributed by atoms with van der Waals surface area (Å²) in [7, 11) is 0. The molecule has 8 heterocycles. The van der Waals surface area contributed by atoms with E-state index in [-0.39, 0.29) is 0 Å². The minimum Gasteiger partial charge on any atom is -0.456 e. The Balaban J connectivity index is 0.000000102. The molecule has 0 aliphatic rings. The van der Waals surface area contributed by atoms with Crippen LogP contribution in [0.15, 0.2) is 387 Å². The third kappa shape index (κ3) is 10.7. The Bertz CT molecular complexity index is 7340. The molecular weight excluding hydrogens is 1410 g/mol. The van der Waals surface area contributed by atoms with Gasteiger partial charge in [-0.3, -0.25) is 0 Å². The Hall–Kier alpha value is -13.2. The summed E-state index contributed by atoms with van der Waals surface area (Å²) in [6.07, 6.45) is 0. The van der Waals surface area contributed by atoms with Crippen LogP contribution in [-0.2, 0) is 0 Å². The van der Waals surface area contributed by atoms with Gasteiger partial charge in [-0.15, -0.1) is 45.3 Å². The van der Waals surface area contributed by atoms with Crippen LogP contribution in [0.2, 0.25) is 0 Å². The van der Waals surface area contributed by atoms with Gasteiger partial charge in [-0.2, -0.15) is 0 Å². The van der Waals surface area contributed by atoms with E-state index < -0.39 is 0 Å². The molecule has 0 unspecified atom stereocenters. The van der Waals surface area contributed by atoms with Gasteiger partial charge in [-0.1, -0.05) is 261 Å². The Labute approximate surface area is 648 Å². The van der Waals surface area contributed by atoms with E-state index in [1.807, 2.05) is 57.5 Å². The van der Waals surface area contributed by atoms with E-state index in [9.17, 15) is 0 Å². The van der Waals surface area contributed by atoms with Crippen molar-refractivity contribution >= 4 is 183 Å². The van der Waals surface area contributed by atoms with Crippen LogP contribution in [-0.4, -0.2) is 13.7 Å². The molecule has 0 radical (unpaired) electrons. The molecule has 8 aromatic heterocycles. The second-order valence-electron chi connectivity index (χ2n) is 28.2. The van der Waals surface area contributed by atoms with E-state index in [1.165, 1.54) is 181 Å². The van der Waals surface area contributed by atoms with Gasteiger partial charge in [0, 0.05) is 109 Å². The van der Waals surface area contributed by atoms with Gasteiger partial charge >= 0.3 is 0 Å². The number of fused-ring (bicyclic) bond motifs is 21. The number of thiophene rings is 4. The molecule has 0 N–H and O–H groups in total. The van der Waals surface area contributed by atoms with E-state index in [0.717, 1.165) is 27.6 Å². The lowest BCUT2D eigenvalue weighted by Crippen LogP contribution is -1.96. The zero-order valence-electron chi connectivity index (χ0n) is 59.3. The lowest BCUT2D eigenvalue weighted by molar-refractivity contribution is 0.669. The number of para-hydroxylation sites is 4. The lowest BCUT2D eigenvalue weighted by atomic mass is 9.98. The van der Waals surface area contributed by atoms with E-state index in [4.69, 9.17) is 4.42 Å². The molecule has 0 saturated carbocycles. The maximum absolute atomic E-state index is 6.09. The number of nitrogens with zero attached hydrogens (tertiary/aromatic N) is 3. The minimum atomic E-state index is 0.920. The summed E-state index contributed by atoms with van der Waals surface area (Å²) in [5.74, 6) is 0. The number of hydrogen-bond donors (Lipinski definition) is 0. The maximum Gasteiger partial charge on any atom is 0.135 e. The van der Waals surface area contributed by atoms with Crippen molar-refractivity contribution in [2.75, 3.05) is 0 Å². The quantitative estimate of drug-likeness (QED) is 0.149. The first kappa shape index (κ1) is 64.0. The predicted molar refractivity (Wildman–Crippen MR) is 476 cm³/mol. The summed E-state index contributed by atoms with van der Waals surface area (Å²) in [5, 5.41) is 16.7. The summed E-state index contributed by atoms with van der Waals surface area (Å²) in [6.45, 7) is 0. The predicted octanol–water partition coefficient (Wildman–Crippen LogP) is 30.6. The molecule has 516 valence electrons. The van der Waals surface area contributed by atoms with Crippen LogP contribution in [0.5, 0.6) is 0 Å². The SMILES string of the molecule is c1ccc(-c2cc(-c3ccccc3)cc(-n3c4ccccc4c4c5sc(-c6ccccc6)cc5ccc43)c2)cc1.c1ccc(-c2cc3ccc4c(c5ccccc5n4-c4ccc5oc6ccccc6c5c4)c3s2)cc1.c1ccc(-c2cc3ccc4c(c5ccccc5n4-c4ccc5sc6ccccc6c5c4)c3s2)cc1. The molecule has 0 fully saturated rings. The summed E-state index contributed by atoms with van der Waals surface area (Å²) in [5.41, 5.74) is 21.5. The molecule has 0 aliphatic heterocycles. The molecule has 24 aromatic rings. The first-order valence-corrected chi connectivity index (χ1v) is 40.4. The second kappa shape index (κ2) is 26.3. The highest BCUT2D eigenvalue weighted by Gasteiger charge is 2.23. The number of rotatable bonds is 8. The highest BCUT2D eigenvalue weighted by molar-refractivity contribution is 7.26. The Kier molecular flexibility index (Phi) is 15.3. The molecule has 0 atom stereocenters. The molecular formula is C102H63N3OS4. The van der Waals surface area contributed by atoms with Crippen molar-refractivity contribution in [2.24, 2.45) is 0 Å². The molecule has 8 heteroatoms. The Morgan fingerprint density at radius 2 is 0.536 bits per heavy atom. The fourth-order valence-electron chi connectivity index (χ4n) is 16.8. The average molecular weight is 1470 g/mol. The molecule has 0 aliphatic carbocycles. The third-order valence-corrected chi connectivity index (χ3v) is 26.6. The van der Waals surface area contributed by atoms with Crippen LogP contribution < -0.4 is 0 Å². The third-order valence-electron chi connectivity index (χ3n) is 21.8. The molecule has 0 bridgehead atoms. The van der Waals surface area contributed by atoms with Crippen LogP contribution in [0.25, 0.3) is 208 Å². The van der Waals surface area contributed by atoms with E-state index in [0.29, 0.717) is 0 Å². The molecule has 24 rings (SSSR count). The van der Waals surface area contributed by atoms with Gasteiger partial charge in [0.2, 0.25) is 0 Å². The largest absolute Gasteiger partial charge is 0.456 e. The summed E-state index contributed by atoms with van der Waals surface area (Å²) >= 11 is 7.54. The normalized spacial score (nSPS) is 11.8. The van der Waals surface area contributed by atoms with E-state index >= 15 is 0 Å². The van der Waals surface area contributed by atoms with Crippen molar-refractivity contribution in [2.45, 2.75) is 0 Å². The second-order valence-corrected chi connectivity index (χ2v) is 32.4. The minimum absolute atomic E-state index is 0.920. The van der Waals surface area contributed by atoms with Crippen molar-refractivity contribution in [1.82, 2.24) is 13.7 Å². The standard InChI is InChI=1S/C38H25NS.C32H19NOS.C32H19NS2/c1-4-12-26(13-5-1)30-22-31(27-14-6-2-7-15-27)24-32(23-30)39-34-19-11-10-18-33(34)37-35(39)21-20-29-25-36(40-38(29)37)28-16-8-3-9-17-28;2*1-2-8-20(9-3-1)30-18-21-14-16-27-31(32(21)35-30)24-11-4-6-12-26(24)33(27)22-15-17-29-25(19-22)23-10-5-7-13-28(23)34-29/h1-25H;2*1-19H. The van der Waals surface area contributed by atoms with E-state index in [2.05, 4.69) is 384 Å². The van der Waals surface area contributed by atoms with Gasteiger partial charge in [0.1, 0.15) is 11.2 Å². The first-order chi connectivity index (χ1) is 54.5. The number of aromatic nitrogens is 3. The number of hydrogen-bond acceptors (Lipinski definition) is 5. The van der Waals surface area contributed by atoms with Crippen molar-refractivity contribution in [3.63, 3.8) is 0 Å². The molecule has 4 nitrogen and oxygen atoms in total. The monoisotopic (exact) mass is 1470 g/mol. The summed E-state index contributed by atoms with van der Waals surface area (Å²) in [6, 6.07) is 138. The topological polar surface area (TPSA) is 27.9 Å². The van der Waals surface area contributed by atoms with Crippen LogP contribution in [0.4, 0.5) is 0 Å². The van der Waals surface area contributed by atoms with Crippen molar-refractivity contribution in [1.29, 1.82) is 0 Å². The fraction of sp³-hybridized carbons (Fsp3) is 0. The van der Waals surface area contributed by atoms with Gasteiger partial charge in [0.25, 0.3) is 0 Å². The highest BCUT2D eigenvalue weighted by atomic mass is 32.1. The van der Waals surface area contributed by atoms with Gasteiger partial charge in [0.05, 0.1) is 33.1 Å². The van der Waals surface area contributed by atoms with Gasteiger partial charge in [0.15, 0.2) is 0 Å². The highest BCUT2D eigenvalue weighted by Crippen LogP contribution is 2.48. The number of furan rings is 1. The average Bonchev–Trinajstić information content (AvgIpc) is 1.57. The van der Waals surface area contributed by atoms with Gasteiger partial charge in [-0.25, -0.2) is 0 Å². The van der Waals surface area contributed by atoms with E-state index in [1.54, 1.807) is 0 Å². The smallest absolute Gasteiger partial charge is 0.135 e. The summed E-state index contributed by atoms with van der Waals surface area (Å²) < 4.78 is 20.1. The molecule has 16 aromatic carbocycles. The zero-order valence-corrected chi connectivity index (χ0v) is 62.5. The molecule has 0 amide bonds. The lowest BCUT2D eigenvalue weighted by Gasteiger charge is -2.14. The van der Waals surface area contributed by atoms with Crippen LogP contribution in [0, 0.1) is 0 Å². The van der Waals surface area contributed by atoms with Crippen molar-refractivity contribution in [3.8, 4) is 70.6 Å². The number of benzene rings is 16. The Morgan fingerprint density at radius 1 is 0.191 bits per heavy atom. The summed E-state index contributed by atoms with van der Waals surface area (Å²) in [4.78, 5) is 3.92. The van der Waals surface area contributed by atoms with Crippen LogP contribution in [0.1, 0.15) is 0 Å². The molecule has 0 spiro atoms. The zero-order chi connectivity index (χ0) is 72.3. The molecule has 0 saturated heterocycles. The Morgan fingerprint density at radius 3 is 0.991 bits per heavy atom. The first-order valence-electron chi connectivity index (χ1n) is 37.2. The van der Waals surface area contributed by atoms with Gasteiger partial charge < -0.3 is 18.1 Å².